The molecule has 0 aromatic heterocycles. The normalized spacial score (nSPS) is 27.4. The van der Waals surface area contributed by atoms with Gasteiger partial charge in [-0.05, 0) is 55.3 Å². The Morgan fingerprint density at radius 3 is 2.78 bits per heavy atom. The van der Waals surface area contributed by atoms with Crippen LogP contribution in [0.5, 0.6) is 0 Å². The molecule has 1 saturated carbocycles. The molecule has 4 rings (SSSR count). The molecular formula is C20H26N4O3. The fraction of sp³-hybridized carbons (Fsp3) is 0.550. The van der Waals surface area contributed by atoms with Crippen LogP contribution in [0.2, 0.25) is 0 Å². The number of piperidine rings is 1. The standard InChI is InChI=1S/C20H26N4O3/c21-7-6-12-8-14(9-12)22-10-13-2-1-3-15-16(13)11-24(20(15)27)17-4-5-18(25)23-19(17)26/h1-3,12,14,17,22H,4-11,21H2,(H,23,25,26). The van der Waals surface area contributed by atoms with Gasteiger partial charge in [-0.2, -0.15) is 0 Å². The Morgan fingerprint density at radius 1 is 1.22 bits per heavy atom. The van der Waals surface area contributed by atoms with Gasteiger partial charge in [0.25, 0.3) is 5.91 Å². The molecule has 1 atom stereocenters. The van der Waals surface area contributed by atoms with E-state index in [1.807, 2.05) is 18.2 Å². The average Bonchev–Trinajstić information content (AvgIpc) is 2.94. The van der Waals surface area contributed by atoms with Gasteiger partial charge in [-0.15, -0.1) is 0 Å². The largest absolute Gasteiger partial charge is 0.330 e. The maximum atomic E-state index is 12.8. The van der Waals surface area contributed by atoms with Gasteiger partial charge < -0.3 is 16.0 Å². The number of hydrogen-bond donors (Lipinski definition) is 3. The van der Waals surface area contributed by atoms with Crippen LogP contribution in [-0.2, 0) is 22.7 Å². The molecule has 4 N–H and O–H groups in total. The van der Waals surface area contributed by atoms with Gasteiger partial charge in [0.1, 0.15) is 6.04 Å². The number of carbonyl (C=O) groups is 3. The lowest BCUT2D eigenvalue weighted by atomic mass is 9.78. The zero-order valence-electron chi connectivity index (χ0n) is 15.4. The predicted octanol–water partition coefficient (Wildman–Crippen LogP) is 0.665. The highest BCUT2D eigenvalue weighted by Gasteiger charge is 2.39. The smallest absolute Gasteiger partial charge is 0.255 e. The second kappa shape index (κ2) is 7.40. The van der Waals surface area contributed by atoms with E-state index in [1.54, 1.807) is 4.90 Å². The van der Waals surface area contributed by atoms with Crippen molar-refractivity contribution in [1.29, 1.82) is 0 Å². The minimum absolute atomic E-state index is 0.118. The second-order valence-corrected chi connectivity index (χ2v) is 7.84. The topological polar surface area (TPSA) is 105 Å². The molecule has 144 valence electrons. The number of benzene rings is 1. The second-order valence-electron chi connectivity index (χ2n) is 7.84. The van der Waals surface area contributed by atoms with Gasteiger partial charge in [0.05, 0.1) is 0 Å². The van der Waals surface area contributed by atoms with Crippen molar-refractivity contribution in [3.63, 3.8) is 0 Å². The van der Waals surface area contributed by atoms with Crippen LogP contribution in [0.3, 0.4) is 0 Å². The summed E-state index contributed by atoms with van der Waals surface area (Å²) in [6, 6.07) is 5.73. The maximum Gasteiger partial charge on any atom is 0.255 e. The quantitative estimate of drug-likeness (QED) is 0.638. The van der Waals surface area contributed by atoms with E-state index >= 15 is 0 Å². The summed E-state index contributed by atoms with van der Waals surface area (Å²) in [5.74, 6) is -0.0159. The third-order valence-electron chi connectivity index (χ3n) is 6.07. The molecule has 1 unspecified atom stereocenters. The van der Waals surface area contributed by atoms with Gasteiger partial charge in [0, 0.05) is 31.1 Å². The van der Waals surface area contributed by atoms with Crippen LogP contribution in [0.4, 0.5) is 0 Å². The van der Waals surface area contributed by atoms with Crippen molar-refractivity contribution in [3.05, 3.63) is 34.9 Å². The molecule has 3 aliphatic rings. The summed E-state index contributed by atoms with van der Waals surface area (Å²) in [6.45, 7) is 1.90. The van der Waals surface area contributed by atoms with Gasteiger partial charge in [-0.1, -0.05) is 12.1 Å². The Morgan fingerprint density at radius 2 is 2.04 bits per heavy atom. The van der Waals surface area contributed by atoms with E-state index in [-0.39, 0.29) is 24.1 Å². The molecule has 2 heterocycles. The van der Waals surface area contributed by atoms with Crippen molar-refractivity contribution in [1.82, 2.24) is 15.5 Å². The summed E-state index contributed by atoms with van der Waals surface area (Å²) in [6.07, 6.45) is 4.08. The molecular weight excluding hydrogens is 344 g/mol. The first-order chi connectivity index (χ1) is 13.1. The molecule has 1 saturated heterocycles. The van der Waals surface area contributed by atoms with E-state index in [0.717, 1.165) is 49.4 Å². The molecule has 1 aromatic carbocycles. The Bertz CT molecular complexity index is 772. The van der Waals surface area contributed by atoms with Crippen LogP contribution in [-0.4, -0.2) is 41.2 Å². The minimum Gasteiger partial charge on any atom is -0.330 e. The highest BCUT2D eigenvalue weighted by Crippen LogP contribution is 2.32. The lowest BCUT2D eigenvalue weighted by Crippen LogP contribution is -2.52. The van der Waals surface area contributed by atoms with Crippen LogP contribution in [0.1, 0.15) is 53.6 Å². The first-order valence-corrected chi connectivity index (χ1v) is 9.75. The highest BCUT2D eigenvalue weighted by atomic mass is 16.2. The Kier molecular flexibility index (Phi) is 4.97. The molecule has 1 aliphatic carbocycles. The lowest BCUT2D eigenvalue weighted by Gasteiger charge is -2.36. The number of hydrogen-bond acceptors (Lipinski definition) is 5. The molecule has 3 amide bonds. The third-order valence-corrected chi connectivity index (χ3v) is 6.07. The summed E-state index contributed by atoms with van der Waals surface area (Å²) in [5, 5.41) is 5.93. The Labute approximate surface area is 158 Å². The van der Waals surface area contributed by atoms with E-state index in [4.69, 9.17) is 5.73 Å². The first kappa shape index (κ1) is 18.1. The molecule has 2 fully saturated rings. The van der Waals surface area contributed by atoms with Gasteiger partial charge in [-0.3, -0.25) is 19.7 Å². The Hall–Kier alpha value is -2.25. The Balaban J connectivity index is 1.42. The summed E-state index contributed by atoms with van der Waals surface area (Å²) < 4.78 is 0. The number of nitrogens with two attached hydrogens (primary N) is 1. The molecule has 7 heteroatoms. The van der Waals surface area contributed by atoms with Gasteiger partial charge in [0.2, 0.25) is 11.8 Å². The van der Waals surface area contributed by atoms with Gasteiger partial charge in [0.15, 0.2) is 0 Å². The zero-order chi connectivity index (χ0) is 19.0. The number of nitrogens with one attached hydrogen (secondary N) is 2. The molecule has 27 heavy (non-hydrogen) atoms. The fourth-order valence-corrected chi connectivity index (χ4v) is 4.44. The number of fused-ring (bicyclic) bond motifs is 1. The fourth-order valence-electron chi connectivity index (χ4n) is 4.44. The van der Waals surface area contributed by atoms with Crippen molar-refractivity contribution < 1.29 is 14.4 Å². The van der Waals surface area contributed by atoms with E-state index in [9.17, 15) is 14.4 Å². The number of imide groups is 1. The average molecular weight is 370 g/mol. The van der Waals surface area contributed by atoms with E-state index < -0.39 is 6.04 Å². The highest BCUT2D eigenvalue weighted by molar-refractivity contribution is 6.05. The van der Waals surface area contributed by atoms with Gasteiger partial charge >= 0.3 is 0 Å². The van der Waals surface area contributed by atoms with Crippen LogP contribution in [0, 0.1) is 5.92 Å². The van der Waals surface area contributed by atoms with Crippen LogP contribution in [0.15, 0.2) is 18.2 Å². The SMILES string of the molecule is NCCC1CC(NCc2cccc3c2CN(C2CCC(=O)NC2=O)C3=O)C1. The molecule has 2 aliphatic heterocycles. The molecule has 0 spiro atoms. The molecule has 0 bridgehead atoms. The van der Waals surface area contributed by atoms with E-state index in [2.05, 4.69) is 10.6 Å². The number of amides is 3. The summed E-state index contributed by atoms with van der Waals surface area (Å²) in [5.41, 5.74) is 8.39. The maximum absolute atomic E-state index is 12.8. The molecule has 0 radical (unpaired) electrons. The minimum atomic E-state index is -0.563. The van der Waals surface area contributed by atoms with Crippen molar-refractivity contribution in [2.45, 2.75) is 57.3 Å². The molecule has 7 nitrogen and oxygen atoms in total. The van der Waals surface area contributed by atoms with Crippen LogP contribution >= 0.6 is 0 Å². The summed E-state index contributed by atoms with van der Waals surface area (Å²) >= 11 is 0. The van der Waals surface area contributed by atoms with Crippen LogP contribution in [0.25, 0.3) is 0 Å². The molecule has 1 aromatic rings. The van der Waals surface area contributed by atoms with E-state index in [0.29, 0.717) is 24.6 Å². The first-order valence-electron chi connectivity index (χ1n) is 9.75. The predicted molar refractivity (Wildman–Crippen MR) is 99.5 cm³/mol. The summed E-state index contributed by atoms with van der Waals surface area (Å²) in [4.78, 5) is 38.0. The van der Waals surface area contributed by atoms with E-state index in [1.165, 1.54) is 0 Å². The number of carbonyl (C=O) groups excluding carboxylic acids is 3. The monoisotopic (exact) mass is 370 g/mol. The van der Waals surface area contributed by atoms with Gasteiger partial charge in [-0.25, -0.2) is 0 Å². The van der Waals surface area contributed by atoms with Crippen molar-refractivity contribution in [2.24, 2.45) is 11.7 Å². The lowest BCUT2D eigenvalue weighted by molar-refractivity contribution is -0.136. The third kappa shape index (κ3) is 3.49. The van der Waals surface area contributed by atoms with Crippen molar-refractivity contribution in [2.75, 3.05) is 6.54 Å². The number of rotatable bonds is 6. The number of nitrogens with zero attached hydrogens (tertiary/aromatic N) is 1. The zero-order valence-corrected chi connectivity index (χ0v) is 15.4. The van der Waals surface area contributed by atoms with Crippen LogP contribution < -0.4 is 16.4 Å². The van der Waals surface area contributed by atoms with Crippen molar-refractivity contribution >= 4 is 17.7 Å². The summed E-state index contributed by atoms with van der Waals surface area (Å²) in [7, 11) is 0. The van der Waals surface area contributed by atoms with Crippen molar-refractivity contribution in [3.8, 4) is 0 Å².